The van der Waals surface area contributed by atoms with Crippen LogP contribution in [0.1, 0.15) is 39.9 Å². The first-order chi connectivity index (χ1) is 13.3. The summed E-state index contributed by atoms with van der Waals surface area (Å²) in [7, 11) is 0. The number of hydrogen-bond acceptors (Lipinski definition) is 3. The van der Waals surface area contributed by atoms with Crippen LogP contribution in [0.4, 0.5) is 0 Å². The molecule has 0 bridgehead atoms. The zero-order valence-corrected chi connectivity index (χ0v) is 15.8. The second kappa shape index (κ2) is 8.68. The van der Waals surface area contributed by atoms with Gasteiger partial charge in [-0.2, -0.15) is 0 Å². The van der Waals surface area contributed by atoms with Crippen LogP contribution in [0.15, 0.2) is 48.5 Å². The molecule has 1 amide bonds. The predicted molar refractivity (Wildman–Crippen MR) is 107 cm³/mol. The van der Waals surface area contributed by atoms with E-state index < -0.39 is 0 Å². The van der Waals surface area contributed by atoms with Crippen molar-refractivity contribution in [1.29, 1.82) is 0 Å². The van der Waals surface area contributed by atoms with Gasteiger partial charge in [-0.3, -0.25) is 9.69 Å². The minimum atomic E-state index is 0.00663. The van der Waals surface area contributed by atoms with Crippen molar-refractivity contribution in [3.05, 3.63) is 70.8 Å². The van der Waals surface area contributed by atoms with Crippen molar-refractivity contribution in [1.82, 2.24) is 10.2 Å². The first-order valence-corrected chi connectivity index (χ1v) is 10.1. The molecule has 1 heterocycles. The summed E-state index contributed by atoms with van der Waals surface area (Å²) >= 11 is 0. The number of nitrogens with zero attached hydrogens (tertiary/aromatic N) is 1. The van der Waals surface area contributed by atoms with E-state index >= 15 is 0 Å². The van der Waals surface area contributed by atoms with Crippen LogP contribution in [0, 0.1) is 0 Å². The molecule has 0 spiro atoms. The first kappa shape index (κ1) is 18.2. The van der Waals surface area contributed by atoms with E-state index in [9.17, 15) is 4.79 Å². The molecule has 0 aromatic heterocycles. The van der Waals surface area contributed by atoms with Gasteiger partial charge in [0.25, 0.3) is 5.91 Å². The first-order valence-electron chi connectivity index (χ1n) is 10.1. The van der Waals surface area contributed by atoms with Crippen molar-refractivity contribution < 1.29 is 9.53 Å². The Kier molecular flexibility index (Phi) is 5.85. The summed E-state index contributed by atoms with van der Waals surface area (Å²) in [5.41, 5.74) is 4.84. The van der Waals surface area contributed by atoms with Gasteiger partial charge in [0.1, 0.15) is 0 Å². The van der Waals surface area contributed by atoms with Gasteiger partial charge in [0.2, 0.25) is 0 Å². The van der Waals surface area contributed by atoms with Gasteiger partial charge in [-0.05, 0) is 54.5 Å². The summed E-state index contributed by atoms with van der Waals surface area (Å²) in [4.78, 5) is 15.0. The number of benzene rings is 2. The van der Waals surface area contributed by atoms with Crippen LogP contribution >= 0.6 is 0 Å². The molecule has 1 atom stereocenters. The number of nitrogens with one attached hydrogen (secondary N) is 1. The molecule has 2 aliphatic rings. The van der Waals surface area contributed by atoms with E-state index in [4.69, 9.17) is 4.74 Å². The number of amides is 1. The Bertz CT molecular complexity index is 775. The highest BCUT2D eigenvalue weighted by Crippen LogP contribution is 2.22. The van der Waals surface area contributed by atoms with E-state index in [1.165, 1.54) is 29.5 Å². The topological polar surface area (TPSA) is 41.6 Å². The molecule has 4 nitrogen and oxygen atoms in total. The smallest absolute Gasteiger partial charge is 0.251 e. The Morgan fingerprint density at radius 3 is 2.74 bits per heavy atom. The summed E-state index contributed by atoms with van der Waals surface area (Å²) in [5, 5.41) is 3.07. The number of carbonyl (C=O) groups excluding carboxylic acids is 1. The minimum Gasteiger partial charge on any atom is -0.374 e. The van der Waals surface area contributed by atoms with Gasteiger partial charge < -0.3 is 10.1 Å². The minimum absolute atomic E-state index is 0.00663. The molecule has 1 N–H and O–H groups in total. The van der Waals surface area contributed by atoms with Gasteiger partial charge in [-0.15, -0.1) is 0 Å². The predicted octanol–water partition coefficient (Wildman–Crippen LogP) is 3.20. The molecule has 0 radical (unpaired) electrons. The van der Waals surface area contributed by atoms with E-state index in [2.05, 4.69) is 46.6 Å². The van der Waals surface area contributed by atoms with Crippen LogP contribution < -0.4 is 5.32 Å². The average Bonchev–Trinajstić information content (AvgIpc) is 2.73. The molecule has 1 unspecified atom stereocenters. The van der Waals surface area contributed by atoms with Gasteiger partial charge in [0.15, 0.2) is 0 Å². The van der Waals surface area contributed by atoms with E-state index in [1.807, 2.05) is 12.1 Å². The second-order valence-corrected chi connectivity index (χ2v) is 7.61. The Hall–Kier alpha value is -2.17. The highest BCUT2D eigenvalue weighted by molar-refractivity contribution is 5.94. The number of morpholine rings is 1. The van der Waals surface area contributed by atoms with Gasteiger partial charge in [-0.1, -0.05) is 36.4 Å². The van der Waals surface area contributed by atoms with Crippen molar-refractivity contribution in [2.45, 2.75) is 38.3 Å². The molecule has 2 aromatic carbocycles. The fourth-order valence-electron chi connectivity index (χ4n) is 4.07. The number of hydrogen-bond donors (Lipinski definition) is 1. The third kappa shape index (κ3) is 4.76. The largest absolute Gasteiger partial charge is 0.374 e. The lowest BCUT2D eigenvalue weighted by Gasteiger charge is -2.33. The third-order valence-electron chi connectivity index (χ3n) is 5.57. The van der Waals surface area contributed by atoms with Crippen molar-refractivity contribution in [3.8, 4) is 0 Å². The number of carbonyl (C=O) groups is 1. The molecule has 0 saturated carbocycles. The van der Waals surface area contributed by atoms with Crippen molar-refractivity contribution in [3.63, 3.8) is 0 Å². The summed E-state index contributed by atoms with van der Waals surface area (Å²) in [6, 6.07) is 16.7. The lowest BCUT2D eigenvalue weighted by molar-refractivity contribution is -0.0292. The van der Waals surface area contributed by atoms with E-state index in [0.717, 1.165) is 38.0 Å². The Morgan fingerprint density at radius 2 is 1.89 bits per heavy atom. The number of fused-ring (bicyclic) bond motifs is 1. The maximum absolute atomic E-state index is 12.6. The van der Waals surface area contributed by atoms with Crippen LogP contribution in [0.5, 0.6) is 0 Å². The van der Waals surface area contributed by atoms with Gasteiger partial charge in [0, 0.05) is 31.7 Å². The van der Waals surface area contributed by atoms with Crippen molar-refractivity contribution in [2.24, 2.45) is 0 Å². The summed E-state index contributed by atoms with van der Waals surface area (Å²) < 4.78 is 5.87. The van der Waals surface area contributed by atoms with Gasteiger partial charge >= 0.3 is 0 Å². The van der Waals surface area contributed by atoms with E-state index in [-0.39, 0.29) is 12.0 Å². The standard InChI is InChI=1S/C23H28N2O2/c26-23(21-11-10-19-8-4-5-9-20(19)14-21)24-15-22-17-25(12-13-27-22)16-18-6-2-1-3-7-18/h1-3,6-7,10-11,14,22H,4-5,8-9,12-13,15-17H2,(H,24,26). The molecular formula is C23H28N2O2. The van der Waals surface area contributed by atoms with Gasteiger partial charge in [0.05, 0.1) is 12.7 Å². The maximum atomic E-state index is 12.6. The van der Waals surface area contributed by atoms with E-state index in [1.54, 1.807) is 0 Å². The normalized spacial score (nSPS) is 20.1. The SMILES string of the molecule is O=C(NCC1CN(Cc2ccccc2)CCO1)c1ccc2c(c1)CCCC2. The molecule has 1 fully saturated rings. The van der Waals surface area contributed by atoms with Crippen LogP contribution in [-0.2, 0) is 24.1 Å². The fourth-order valence-corrected chi connectivity index (χ4v) is 4.07. The summed E-state index contributed by atoms with van der Waals surface area (Å²) in [6.45, 7) is 3.98. The number of aryl methyl sites for hydroxylation is 2. The molecule has 1 aliphatic carbocycles. The molecule has 27 heavy (non-hydrogen) atoms. The summed E-state index contributed by atoms with van der Waals surface area (Å²) in [5.74, 6) is 0.00663. The third-order valence-corrected chi connectivity index (χ3v) is 5.57. The molecule has 4 rings (SSSR count). The lowest BCUT2D eigenvalue weighted by atomic mass is 9.90. The molecule has 4 heteroatoms. The zero-order chi connectivity index (χ0) is 18.5. The van der Waals surface area contributed by atoms with Gasteiger partial charge in [-0.25, -0.2) is 0 Å². The Balaban J connectivity index is 1.29. The average molecular weight is 364 g/mol. The summed E-state index contributed by atoms with van der Waals surface area (Å²) in [6.07, 6.45) is 4.77. The van der Waals surface area contributed by atoms with Crippen LogP contribution in [0.3, 0.4) is 0 Å². The Morgan fingerprint density at radius 1 is 1.07 bits per heavy atom. The van der Waals surface area contributed by atoms with Crippen LogP contribution in [0.2, 0.25) is 0 Å². The van der Waals surface area contributed by atoms with E-state index in [0.29, 0.717) is 13.2 Å². The molecule has 1 aliphatic heterocycles. The molecule has 2 aromatic rings. The molecular weight excluding hydrogens is 336 g/mol. The zero-order valence-electron chi connectivity index (χ0n) is 15.8. The van der Waals surface area contributed by atoms with Crippen LogP contribution in [-0.4, -0.2) is 43.2 Å². The Labute approximate surface area is 161 Å². The second-order valence-electron chi connectivity index (χ2n) is 7.61. The molecule has 1 saturated heterocycles. The van der Waals surface area contributed by atoms with Crippen LogP contribution in [0.25, 0.3) is 0 Å². The number of rotatable bonds is 5. The fraction of sp³-hybridized carbons (Fsp3) is 0.435. The lowest BCUT2D eigenvalue weighted by Crippen LogP contribution is -2.47. The van der Waals surface area contributed by atoms with Crippen molar-refractivity contribution in [2.75, 3.05) is 26.2 Å². The monoisotopic (exact) mass is 364 g/mol. The molecule has 142 valence electrons. The van der Waals surface area contributed by atoms with Crippen molar-refractivity contribution >= 4 is 5.91 Å². The maximum Gasteiger partial charge on any atom is 0.251 e. The highest BCUT2D eigenvalue weighted by atomic mass is 16.5. The number of ether oxygens (including phenoxy) is 1. The quantitative estimate of drug-likeness (QED) is 0.886. The highest BCUT2D eigenvalue weighted by Gasteiger charge is 2.21.